The molecule has 2 heterocycles. The van der Waals surface area contributed by atoms with E-state index < -0.39 is 0 Å². The van der Waals surface area contributed by atoms with E-state index in [1.165, 1.54) is 5.56 Å². The van der Waals surface area contributed by atoms with Gasteiger partial charge in [-0.1, -0.05) is 31.5 Å². The Morgan fingerprint density at radius 3 is 2.48 bits per heavy atom. The van der Waals surface area contributed by atoms with Gasteiger partial charge in [-0.25, -0.2) is 4.68 Å². The summed E-state index contributed by atoms with van der Waals surface area (Å²) >= 11 is 0. The largest absolute Gasteiger partial charge is 0.339 e. The third-order valence-corrected chi connectivity index (χ3v) is 4.78. The lowest BCUT2D eigenvalue weighted by Crippen LogP contribution is -2.38. The maximum Gasteiger partial charge on any atom is 0.257 e. The predicted octanol–water partition coefficient (Wildman–Crippen LogP) is 3.62. The van der Waals surface area contributed by atoms with Gasteiger partial charge in [-0.3, -0.25) is 4.79 Å². The maximum absolute atomic E-state index is 12.9. The van der Waals surface area contributed by atoms with Crippen molar-refractivity contribution in [3.05, 3.63) is 47.3 Å². The zero-order valence-corrected chi connectivity index (χ0v) is 14.2. The van der Waals surface area contributed by atoms with Crippen molar-refractivity contribution in [3.63, 3.8) is 0 Å². The molecule has 1 fully saturated rings. The van der Waals surface area contributed by atoms with Crippen LogP contribution in [0.4, 0.5) is 0 Å². The number of nitrogens with zero attached hydrogens (tertiary/aromatic N) is 3. The number of amides is 1. The minimum atomic E-state index is 0.132. The second-order valence-electron chi connectivity index (χ2n) is 6.58. The van der Waals surface area contributed by atoms with E-state index in [9.17, 15) is 4.79 Å². The first kappa shape index (κ1) is 15.8. The zero-order chi connectivity index (χ0) is 16.4. The van der Waals surface area contributed by atoms with Gasteiger partial charge in [0.05, 0.1) is 23.1 Å². The highest BCUT2D eigenvalue weighted by Crippen LogP contribution is 2.22. The second-order valence-corrected chi connectivity index (χ2v) is 6.58. The van der Waals surface area contributed by atoms with E-state index in [0.717, 1.165) is 55.2 Å². The van der Waals surface area contributed by atoms with Crippen molar-refractivity contribution in [3.8, 4) is 5.69 Å². The van der Waals surface area contributed by atoms with Crippen LogP contribution >= 0.6 is 0 Å². The maximum atomic E-state index is 12.9. The fourth-order valence-corrected chi connectivity index (χ4v) is 3.18. The molecule has 122 valence electrons. The second kappa shape index (κ2) is 6.57. The number of likely N-dealkylation sites (tertiary alicyclic amines) is 1. The molecule has 1 aliphatic rings. The van der Waals surface area contributed by atoms with E-state index in [2.05, 4.69) is 50.1 Å². The van der Waals surface area contributed by atoms with Gasteiger partial charge in [-0.15, -0.1) is 0 Å². The molecule has 0 bridgehead atoms. The number of benzene rings is 1. The molecule has 3 rings (SSSR count). The van der Waals surface area contributed by atoms with Crippen LogP contribution in [0.3, 0.4) is 0 Å². The van der Waals surface area contributed by atoms with E-state index in [1.807, 2.05) is 9.58 Å². The summed E-state index contributed by atoms with van der Waals surface area (Å²) in [6, 6.07) is 8.25. The number of aryl methyl sites for hydroxylation is 1. The summed E-state index contributed by atoms with van der Waals surface area (Å²) in [5, 5.41) is 4.49. The number of rotatable bonds is 3. The first-order valence-corrected chi connectivity index (χ1v) is 8.53. The molecule has 23 heavy (non-hydrogen) atoms. The molecule has 4 heteroatoms. The molecule has 0 atom stereocenters. The van der Waals surface area contributed by atoms with Crippen LogP contribution in [0.2, 0.25) is 0 Å². The third kappa shape index (κ3) is 3.16. The number of carbonyl (C=O) groups excluding carboxylic acids is 1. The molecule has 1 aromatic carbocycles. The first-order valence-electron chi connectivity index (χ1n) is 8.53. The van der Waals surface area contributed by atoms with Gasteiger partial charge in [0.1, 0.15) is 0 Å². The Balaban J connectivity index is 1.89. The van der Waals surface area contributed by atoms with E-state index in [-0.39, 0.29) is 5.91 Å². The molecule has 1 saturated heterocycles. The number of aromatic nitrogens is 2. The van der Waals surface area contributed by atoms with Gasteiger partial charge >= 0.3 is 0 Å². The number of piperidine rings is 1. The van der Waals surface area contributed by atoms with Crippen molar-refractivity contribution >= 4 is 5.91 Å². The van der Waals surface area contributed by atoms with Crippen LogP contribution in [0, 0.1) is 12.8 Å². The molecule has 1 aromatic heterocycles. The van der Waals surface area contributed by atoms with Crippen molar-refractivity contribution in [2.75, 3.05) is 13.1 Å². The molecular weight excluding hydrogens is 286 g/mol. The molecule has 0 N–H and O–H groups in total. The van der Waals surface area contributed by atoms with Crippen LogP contribution in [0.1, 0.15) is 48.3 Å². The summed E-state index contributed by atoms with van der Waals surface area (Å²) in [6.45, 7) is 8.13. The lowest BCUT2D eigenvalue weighted by Gasteiger charge is -2.30. The number of hydrogen-bond donors (Lipinski definition) is 0. The molecule has 0 spiro atoms. The van der Waals surface area contributed by atoms with E-state index in [1.54, 1.807) is 6.20 Å². The molecule has 0 radical (unpaired) electrons. The fraction of sp³-hybridized carbons (Fsp3) is 0.474. The Bertz CT molecular complexity index is 679. The normalized spacial score (nSPS) is 15.9. The third-order valence-electron chi connectivity index (χ3n) is 4.78. The highest BCUT2D eigenvalue weighted by atomic mass is 16.2. The van der Waals surface area contributed by atoms with Gasteiger partial charge in [0.2, 0.25) is 0 Å². The van der Waals surface area contributed by atoms with Crippen LogP contribution < -0.4 is 0 Å². The zero-order valence-electron chi connectivity index (χ0n) is 14.2. The summed E-state index contributed by atoms with van der Waals surface area (Å²) in [6.07, 6.45) is 4.72. The van der Waals surface area contributed by atoms with Gasteiger partial charge in [0.15, 0.2) is 0 Å². The van der Waals surface area contributed by atoms with Crippen LogP contribution in [0.25, 0.3) is 5.69 Å². The Labute approximate surface area is 138 Å². The molecular formula is C19H25N3O. The topological polar surface area (TPSA) is 38.1 Å². The summed E-state index contributed by atoms with van der Waals surface area (Å²) in [5.41, 5.74) is 3.98. The van der Waals surface area contributed by atoms with Crippen LogP contribution in [-0.2, 0) is 6.42 Å². The Morgan fingerprint density at radius 1 is 1.22 bits per heavy atom. The Morgan fingerprint density at radius 2 is 1.87 bits per heavy atom. The van der Waals surface area contributed by atoms with E-state index in [0.29, 0.717) is 0 Å². The fourth-order valence-electron chi connectivity index (χ4n) is 3.18. The molecule has 0 saturated carbocycles. The van der Waals surface area contributed by atoms with Crippen molar-refractivity contribution in [1.29, 1.82) is 0 Å². The number of hydrogen-bond acceptors (Lipinski definition) is 2. The first-order chi connectivity index (χ1) is 11.1. The average molecular weight is 311 g/mol. The smallest absolute Gasteiger partial charge is 0.257 e. The van der Waals surface area contributed by atoms with E-state index >= 15 is 0 Å². The minimum Gasteiger partial charge on any atom is -0.339 e. The van der Waals surface area contributed by atoms with Gasteiger partial charge in [-0.05, 0) is 44.2 Å². The Kier molecular flexibility index (Phi) is 4.51. The summed E-state index contributed by atoms with van der Waals surface area (Å²) in [4.78, 5) is 14.8. The van der Waals surface area contributed by atoms with Gasteiger partial charge in [0.25, 0.3) is 5.91 Å². The van der Waals surface area contributed by atoms with Crippen molar-refractivity contribution < 1.29 is 4.79 Å². The van der Waals surface area contributed by atoms with Gasteiger partial charge in [-0.2, -0.15) is 5.10 Å². The monoisotopic (exact) mass is 311 g/mol. The lowest BCUT2D eigenvalue weighted by atomic mass is 9.98. The van der Waals surface area contributed by atoms with Gasteiger partial charge < -0.3 is 4.90 Å². The molecule has 4 nitrogen and oxygen atoms in total. The summed E-state index contributed by atoms with van der Waals surface area (Å²) < 4.78 is 1.90. The van der Waals surface area contributed by atoms with E-state index in [4.69, 9.17) is 0 Å². The quantitative estimate of drug-likeness (QED) is 0.868. The van der Waals surface area contributed by atoms with Crippen LogP contribution in [0.15, 0.2) is 30.5 Å². The van der Waals surface area contributed by atoms with Crippen molar-refractivity contribution in [1.82, 2.24) is 14.7 Å². The lowest BCUT2D eigenvalue weighted by molar-refractivity contribution is 0.0696. The highest BCUT2D eigenvalue weighted by molar-refractivity contribution is 5.95. The highest BCUT2D eigenvalue weighted by Gasteiger charge is 2.25. The molecule has 1 amide bonds. The summed E-state index contributed by atoms with van der Waals surface area (Å²) in [5.74, 6) is 0.854. The van der Waals surface area contributed by atoms with Crippen molar-refractivity contribution in [2.24, 2.45) is 5.92 Å². The van der Waals surface area contributed by atoms with Crippen LogP contribution in [-0.4, -0.2) is 33.7 Å². The van der Waals surface area contributed by atoms with Crippen molar-refractivity contribution in [2.45, 2.75) is 40.0 Å². The standard InChI is InChI=1S/C19H25N3O/c1-4-18-17(19(23)21-11-9-15(3)10-12-21)13-20-22(18)16-7-5-14(2)6-8-16/h5-8,13,15H,4,9-12H2,1-3H3. The molecule has 2 aromatic rings. The average Bonchev–Trinajstić information content (AvgIpc) is 2.99. The van der Waals surface area contributed by atoms with Gasteiger partial charge in [0, 0.05) is 13.1 Å². The molecule has 0 aliphatic carbocycles. The predicted molar refractivity (Wildman–Crippen MR) is 92.0 cm³/mol. The Hall–Kier alpha value is -2.10. The summed E-state index contributed by atoms with van der Waals surface area (Å²) in [7, 11) is 0. The number of carbonyl (C=O) groups is 1. The molecule has 0 unspecified atom stereocenters. The van der Waals surface area contributed by atoms with Crippen LogP contribution in [0.5, 0.6) is 0 Å². The SMILES string of the molecule is CCc1c(C(=O)N2CCC(C)CC2)cnn1-c1ccc(C)cc1. The molecule has 1 aliphatic heterocycles. The minimum absolute atomic E-state index is 0.132.